The molecule has 1 aliphatic rings. The molecule has 0 aromatic heterocycles. The first-order chi connectivity index (χ1) is 10.0. The third-order valence-electron chi connectivity index (χ3n) is 3.47. The van der Waals surface area contributed by atoms with Gasteiger partial charge in [0, 0.05) is 18.8 Å². The van der Waals surface area contributed by atoms with Crippen molar-refractivity contribution in [3.63, 3.8) is 0 Å². The van der Waals surface area contributed by atoms with E-state index < -0.39 is 12.1 Å². The molecule has 1 heterocycles. The Hall–Kier alpha value is -2.08. The number of nitrogens with zero attached hydrogens (tertiary/aromatic N) is 2. The number of carbonyl (C=O) groups excluding carboxylic acids is 1. The Kier molecular flexibility index (Phi) is 4.80. The molecule has 2 rings (SSSR count). The maximum absolute atomic E-state index is 12.6. The topological polar surface area (TPSA) is 70.1 Å². The zero-order valence-corrected chi connectivity index (χ0v) is 12.3. The number of morpholine rings is 1. The van der Waals surface area contributed by atoms with E-state index in [0.29, 0.717) is 13.1 Å². The molecule has 1 aromatic carbocycles. The molecule has 1 unspecified atom stereocenters. The van der Waals surface area contributed by atoms with Crippen molar-refractivity contribution in [2.45, 2.75) is 20.0 Å². The lowest BCUT2D eigenvalue weighted by molar-refractivity contribution is -0.154. The zero-order chi connectivity index (χ0) is 15.4. The fraction of sp³-hybridized carbons (Fsp3) is 0.467. The number of carboxylic acids is 1. The Balaban J connectivity index is 2.14. The van der Waals surface area contributed by atoms with Crippen molar-refractivity contribution in [2.24, 2.45) is 0 Å². The summed E-state index contributed by atoms with van der Waals surface area (Å²) in [5.41, 5.74) is 1.89. The summed E-state index contributed by atoms with van der Waals surface area (Å²) in [7, 11) is 0. The average Bonchev–Trinajstić information content (AvgIpc) is 2.48. The van der Waals surface area contributed by atoms with E-state index in [1.54, 1.807) is 4.90 Å². The molecule has 0 radical (unpaired) electrons. The number of ether oxygens (including phenoxy) is 1. The molecule has 1 aromatic rings. The van der Waals surface area contributed by atoms with Gasteiger partial charge < -0.3 is 14.7 Å². The summed E-state index contributed by atoms with van der Waals surface area (Å²) in [6.45, 7) is 5.12. The summed E-state index contributed by atoms with van der Waals surface area (Å²) in [5.74, 6) is -1.04. The van der Waals surface area contributed by atoms with E-state index in [4.69, 9.17) is 9.84 Å². The third-order valence-corrected chi connectivity index (χ3v) is 3.47. The van der Waals surface area contributed by atoms with Crippen LogP contribution in [0, 0.1) is 6.92 Å². The van der Waals surface area contributed by atoms with Gasteiger partial charge >= 0.3 is 12.0 Å². The van der Waals surface area contributed by atoms with Crippen LogP contribution in [0.1, 0.15) is 12.5 Å². The van der Waals surface area contributed by atoms with Gasteiger partial charge in [-0.05, 0) is 31.5 Å². The van der Waals surface area contributed by atoms with Gasteiger partial charge in [0.05, 0.1) is 13.2 Å². The highest BCUT2D eigenvalue weighted by Gasteiger charge is 2.31. The van der Waals surface area contributed by atoms with Crippen molar-refractivity contribution in [3.05, 3.63) is 29.8 Å². The lowest BCUT2D eigenvalue weighted by Gasteiger charge is -2.34. The highest BCUT2D eigenvalue weighted by Crippen LogP contribution is 2.18. The number of benzene rings is 1. The minimum absolute atomic E-state index is 0.0798. The number of hydrogen-bond donors (Lipinski definition) is 1. The van der Waals surface area contributed by atoms with Crippen LogP contribution in [0.25, 0.3) is 0 Å². The molecule has 6 nitrogen and oxygen atoms in total. The Bertz CT molecular complexity index is 532. The SMILES string of the molecule is CCN(C(=O)N1CCOC(C(=O)O)C1)c1cccc(C)c1. The van der Waals surface area contributed by atoms with Gasteiger partial charge in [-0.15, -0.1) is 0 Å². The molecular formula is C15H20N2O4. The molecule has 0 bridgehead atoms. The Morgan fingerprint density at radius 2 is 2.24 bits per heavy atom. The molecule has 21 heavy (non-hydrogen) atoms. The summed E-state index contributed by atoms with van der Waals surface area (Å²) >= 11 is 0. The smallest absolute Gasteiger partial charge is 0.334 e. The number of anilines is 1. The van der Waals surface area contributed by atoms with Crippen LogP contribution in [-0.2, 0) is 9.53 Å². The number of urea groups is 1. The average molecular weight is 292 g/mol. The lowest BCUT2D eigenvalue weighted by atomic mass is 10.2. The lowest BCUT2D eigenvalue weighted by Crippen LogP contribution is -2.53. The van der Waals surface area contributed by atoms with E-state index in [2.05, 4.69) is 0 Å². The first-order valence-electron chi connectivity index (χ1n) is 7.00. The highest BCUT2D eigenvalue weighted by atomic mass is 16.5. The van der Waals surface area contributed by atoms with Crippen molar-refractivity contribution in [3.8, 4) is 0 Å². The van der Waals surface area contributed by atoms with Crippen LogP contribution in [0.4, 0.5) is 10.5 Å². The molecule has 0 saturated carbocycles. The quantitative estimate of drug-likeness (QED) is 0.921. The van der Waals surface area contributed by atoms with Gasteiger partial charge in [0.25, 0.3) is 0 Å². The van der Waals surface area contributed by atoms with E-state index in [9.17, 15) is 9.59 Å². The molecule has 114 valence electrons. The summed E-state index contributed by atoms with van der Waals surface area (Å²) in [5, 5.41) is 9.01. The van der Waals surface area contributed by atoms with Crippen molar-refractivity contribution >= 4 is 17.7 Å². The summed E-state index contributed by atoms with van der Waals surface area (Å²) in [4.78, 5) is 26.8. The fourth-order valence-electron chi connectivity index (χ4n) is 2.37. The Morgan fingerprint density at radius 1 is 1.48 bits per heavy atom. The van der Waals surface area contributed by atoms with Gasteiger partial charge in [0.2, 0.25) is 0 Å². The van der Waals surface area contributed by atoms with E-state index in [1.807, 2.05) is 38.1 Å². The first kappa shape index (κ1) is 15.3. The van der Waals surface area contributed by atoms with Crippen LogP contribution in [0.2, 0.25) is 0 Å². The van der Waals surface area contributed by atoms with Crippen molar-refractivity contribution < 1.29 is 19.4 Å². The van der Waals surface area contributed by atoms with Crippen molar-refractivity contribution in [2.75, 3.05) is 31.1 Å². The van der Waals surface area contributed by atoms with E-state index in [1.165, 1.54) is 4.90 Å². The van der Waals surface area contributed by atoms with Crippen molar-refractivity contribution in [1.82, 2.24) is 4.90 Å². The predicted octanol–water partition coefficient (Wildman–Crippen LogP) is 1.73. The predicted molar refractivity (Wildman–Crippen MR) is 78.5 cm³/mol. The number of hydrogen-bond acceptors (Lipinski definition) is 3. The molecule has 1 fully saturated rings. The zero-order valence-electron chi connectivity index (χ0n) is 12.3. The van der Waals surface area contributed by atoms with Crippen molar-refractivity contribution in [1.29, 1.82) is 0 Å². The third kappa shape index (κ3) is 3.52. The maximum atomic E-state index is 12.6. The highest BCUT2D eigenvalue weighted by molar-refractivity contribution is 5.92. The molecule has 2 amide bonds. The van der Waals surface area contributed by atoms with Crippen LogP contribution < -0.4 is 4.90 Å². The normalized spacial score (nSPS) is 18.4. The summed E-state index contributed by atoms with van der Waals surface area (Å²) in [6, 6.07) is 7.51. The molecular weight excluding hydrogens is 272 g/mol. The number of carbonyl (C=O) groups is 2. The second kappa shape index (κ2) is 6.58. The van der Waals surface area contributed by atoms with Crippen LogP contribution in [0.3, 0.4) is 0 Å². The van der Waals surface area contributed by atoms with Crippen LogP contribution in [-0.4, -0.2) is 54.4 Å². The minimum Gasteiger partial charge on any atom is -0.479 e. The van der Waals surface area contributed by atoms with E-state index >= 15 is 0 Å². The number of amides is 2. The molecule has 0 aliphatic carbocycles. The van der Waals surface area contributed by atoms with Crippen LogP contribution in [0.15, 0.2) is 24.3 Å². The number of aliphatic carboxylic acids is 1. The van der Waals surface area contributed by atoms with Crippen LogP contribution >= 0.6 is 0 Å². The van der Waals surface area contributed by atoms with Crippen LogP contribution in [0.5, 0.6) is 0 Å². The summed E-state index contributed by atoms with van der Waals surface area (Å²) in [6.07, 6.45) is -0.945. The molecule has 1 saturated heterocycles. The molecule has 0 spiro atoms. The second-order valence-electron chi connectivity index (χ2n) is 5.01. The first-order valence-corrected chi connectivity index (χ1v) is 7.00. The van der Waals surface area contributed by atoms with Gasteiger partial charge in [-0.2, -0.15) is 0 Å². The molecule has 1 aliphatic heterocycles. The summed E-state index contributed by atoms with van der Waals surface area (Å²) < 4.78 is 5.15. The molecule has 6 heteroatoms. The van der Waals surface area contributed by atoms with E-state index in [0.717, 1.165) is 11.3 Å². The van der Waals surface area contributed by atoms with Gasteiger partial charge in [0.15, 0.2) is 6.10 Å². The standard InChI is InChI=1S/C15H20N2O4/c1-3-17(12-6-4-5-11(2)9-12)15(20)16-7-8-21-13(10-16)14(18)19/h4-6,9,13H,3,7-8,10H2,1-2H3,(H,18,19). The Morgan fingerprint density at radius 3 is 2.86 bits per heavy atom. The fourth-order valence-corrected chi connectivity index (χ4v) is 2.37. The van der Waals surface area contributed by atoms with Gasteiger partial charge in [-0.1, -0.05) is 12.1 Å². The van der Waals surface area contributed by atoms with Gasteiger partial charge in [0.1, 0.15) is 0 Å². The molecule has 1 N–H and O–H groups in total. The number of rotatable bonds is 3. The minimum atomic E-state index is -1.04. The maximum Gasteiger partial charge on any atom is 0.334 e. The molecule has 1 atom stereocenters. The number of aryl methyl sites for hydroxylation is 1. The van der Waals surface area contributed by atoms with Gasteiger partial charge in [-0.3, -0.25) is 4.90 Å². The van der Waals surface area contributed by atoms with Gasteiger partial charge in [-0.25, -0.2) is 9.59 Å². The monoisotopic (exact) mass is 292 g/mol. The largest absolute Gasteiger partial charge is 0.479 e. The number of carboxylic acid groups (broad SMARTS) is 1. The second-order valence-corrected chi connectivity index (χ2v) is 5.01. The Labute approximate surface area is 123 Å². The van der Waals surface area contributed by atoms with E-state index in [-0.39, 0.29) is 19.2 Å².